The Balaban J connectivity index is 1.38. The van der Waals surface area contributed by atoms with Crippen LogP contribution >= 0.6 is 11.6 Å². The number of benzene rings is 2. The molecule has 154 valence electrons. The predicted molar refractivity (Wildman–Crippen MR) is 112 cm³/mol. The molecule has 0 aromatic heterocycles. The molecular formula is C22H27ClN3O3+. The van der Waals surface area contributed by atoms with Crippen LogP contribution in [0, 0.1) is 0 Å². The average Bonchev–Trinajstić information content (AvgIpc) is 2.75. The Morgan fingerprint density at radius 3 is 2.45 bits per heavy atom. The van der Waals surface area contributed by atoms with Crippen LogP contribution in [0.25, 0.3) is 0 Å². The normalized spacial score (nSPS) is 14.5. The Hall–Kier alpha value is -2.57. The molecule has 2 aromatic rings. The number of hydrogen-bond donors (Lipinski definition) is 2. The van der Waals surface area contributed by atoms with Crippen molar-refractivity contribution in [2.45, 2.75) is 13.0 Å². The second-order valence-electron chi connectivity index (χ2n) is 7.14. The van der Waals surface area contributed by atoms with E-state index in [2.05, 4.69) is 17.4 Å². The van der Waals surface area contributed by atoms with Gasteiger partial charge in [0, 0.05) is 18.5 Å². The van der Waals surface area contributed by atoms with Gasteiger partial charge in [0.15, 0.2) is 0 Å². The third-order valence-corrected chi connectivity index (χ3v) is 5.51. The lowest BCUT2D eigenvalue weighted by Gasteiger charge is -2.32. The standard InChI is InChI=1S/C22H26ClN3O3/c1-29-18-8-6-17(7-9-18)16-25-12-14-26(15-13-25)21(27)10-11-24-22(28)19-4-2-3-5-20(19)23/h2-9H,10-16H2,1H3,(H,24,28)/p+1. The van der Waals surface area contributed by atoms with Crippen LogP contribution in [0.1, 0.15) is 22.3 Å². The molecule has 6 nitrogen and oxygen atoms in total. The second kappa shape index (κ2) is 10.3. The fourth-order valence-electron chi connectivity index (χ4n) is 3.46. The quantitative estimate of drug-likeness (QED) is 0.717. The van der Waals surface area contributed by atoms with Crippen LogP contribution in [0.3, 0.4) is 0 Å². The number of piperazine rings is 1. The summed E-state index contributed by atoms with van der Waals surface area (Å²) in [6, 6.07) is 15.0. The van der Waals surface area contributed by atoms with Gasteiger partial charge in [-0.25, -0.2) is 0 Å². The van der Waals surface area contributed by atoms with E-state index in [0.29, 0.717) is 23.6 Å². The first-order valence-electron chi connectivity index (χ1n) is 9.84. The van der Waals surface area contributed by atoms with Crippen molar-refractivity contribution in [1.82, 2.24) is 10.2 Å². The summed E-state index contributed by atoms with van der Waals surface area (Å²) in [6.07, 6.45) is 0.296. The Kier molecular flexibility index (Phi) is 7.49. The highest BCUT2D eigenvalue weighted by Gasteiger charge is 2.23. The van der Waals surface area contributed by atoms with E-state index >= 15 is 0 Å². The minimum Gasteiger partial charge on any atom is -0.497 e. The van der Waals surface area contributed by atoms with Gasteiger partial charge in [0.05, 0.1) is 43.9 Å². The zero-order valence-electron chi connectivity index (χ0n) is 16.6. The second-order valence-corrected chi connectivity index (χ2v) is 7.55. The average molecular weight is 417 g/mol. The molecule has 0 aliphatic carbocycles. The molecule has 2 aromatic carbocycles. The van der Waals surface area contributed by atoms with Gasteiger partial charge in [-0.3, -0.25) is 9.59 Å². The summed E-state index contributed by atoms with van der Waals surface area (Å²) in [7, 11) is 1.67. The third-order valence-electron chi connectivity index (χ3n) is 5.18. The molecule has 0 radical (unpaired) electrons. The molecule has 1 fully saturated rings. The molecule has 0 bridgehead atoms. The molecule has 1 aliphatic heterocycles. The van der Waals surface area contributed by atoms with Crippen LogP contribution in [0.5, 0.6) is 5.75 Å². The van der Waals surface area contributed by atoms with Crippen molar-refractivity contribution in [1.29, 1.82) is 0 Å². The van der Waals surface area contributed by atoms with Crippen LogP contribution in [-0.4, -0.2) is 56.5 Å². The van der Waals surface area contributed by atoms with Gasteiger partial charge >= 0.3 is 0 Å². The molecule has 0 atom stereocenters. The van der Waals surface area contributed by atoms with Gasteiger partial charge < -0.3 is 19.9 Å². The fraction of sp³-hybridized carbons (Fsp3) is 0.364. The van der Waals surface area contributed by atoms with Crippen molar-refractivity contribution >= 4 is 23.4 Å². The number of halogens is 1. The van der Waals surface area contributed by atoms with Gasteiger partial charge in [0.1, 0.15) is 12.3 Å². The summed E-state index contributed by atoms with van der Waals surface area (Å²) in [5.74, 6) is 0.686. The molecule has 0 spiro atoms. The number of ether oxygens (including phenoxy) is 1. The lowest BCUT2D eigenvalue weighted by molar-refractivity contribution is -0.917. The maximum Gasteiger partial charge on any atom is 0.252 e. The predicted octanol–water partition coefficient (Wildman–Crippen LogP) is 1.40. The molecule has 2 amide bonds. The smallest absolute Gasteiger partial charge is 0.252 e. The molecule has 0 unspecified atom stereocenters. The third kappa shape index (κ3) is 5.95. The fourth-order valence-corrected chi connectivity index (χ4v) is 3.68. The van der Waals surface area contributed by atoms with Crippen molar-refractivity contribution in [3.8, 4) is 5.75 Å². The molecule has 0 saturated carbocycles. The Morgan fingerprint density at radius 1 is 1.10 bits per heavy atom. The maximum absolute atomic E-state index is 12.4. The Morgan fingerprint density at radius 2 is 1.79 bits per heavy atom. The molecular weight excluding hydrogens is 390 g/mol. The number of hydrogen-bond acceptors (Lipinski definition) is 3. The van der Waals surface area contributed by atoms with Crippen molar-refractivity contribution in [2.24, 2.45) is 0 Å². The number of methoxy groups -OCH3 is 1. The van der Waals surface area contributed by atoms with Gasteiger partial charge in [0.2, 0.25) is 5.91 Å². The van der Waals surface area contributed by atoms with E-state index in [-0.39, 0.29) is 11.8 Å². The summed E-state index contributed by atoms with van der Waals surface area (Å²) in [5.41, 5.74) is 1.69. The highest BCUT2D eigenvalue weighted by Crippen LogP contribution is 2.14. The van der Waals surface area contributed by atoms with Crippen molar-refractivity contribution in [2.75, 3.05) is 39.8 Å². The zero-order valence-corrected chi connectivity index (χ0v) is 17.4. The van der Waals surface area contributed by atoms with E-state index in [1.807, 2.05) is 17.0 Å². The van der Waals surface area contributed by atoms with E-state index in [4.69, 9.17) is 16.3 Å². The van der Waals surface area contributed by atoms with Gasteiger partial charge in [0.25, 0.3) is 5.91 Å². The largest absolute Gasteiger partial charge is 0.497 e. The van der Waals surface area contributed by atoms with E-state index in [9.17, 15) is 9.59 Å². The number of nitrogens with zero attached hydrogens (tertiary/aromatic N) is 1. The summed E-state index contributed by atoms with van der Waals surface area (Å²) < 4.78 is 5.19. The van der Waals surface area contributed by atoms with Crippen molar-refractivity contribution in [3.63, 3.8) is 0 Å². The van der Waals surface area contributed by atoms with Gasteiger partial charge in [-0.15, -0.1) is 0 Å². The Bertz CT molecular complexity index is 833. The number of carbonyl (C=O) groups excluding carboxylic acids is 2. The number of rotatable bonds is 7. The first-order valence-corrected chi connectivity index (χ1v) is 10.2. The number of carbonyl (C=O) groups is 2. The van der Waals surface area contributed by atoms with Crippen LogP contribution in [0.15, 0.2) is 48.5 Å². The molecule has 29 heavy (non-hydrogen) atoms. The summed E-state index contributed by atoms with van der Waals surface area (Å²) in [6.45, 7) is 4.57. The maximum atomic E-state index is 12.4. The molecule has 7 heteroatoms. The molecule has 3 rings (SSSR count). The first kappa shape index (κ1) is 21.1. The lowest BCUT2D eigenvalue weighted by atomic mass is 10.2. The zero-order chi connectivity index (χ0) is 20.6. The van der Waals surface area contributed by atoms with E-state index < -0.39 is 0 Å². The monoisotopic (exact) mass is 416 g/mol. The number of nitrogens with one attached hydrogen (secondary N) is 2. The summed E-state index contributed by atoms with van der Waals surface area (Å²) >= 11 is 6.02. The van der Waals surface area contributed by atoms with E-state index in [1.54, 1.807) is 31.4 Å². The van der Waals surface area contributed by atoms with Crippen LogP contribution in [0.2, 0.25) is 5.02 Å². The van der Waals surface area contributed by atoms with Gasteiger partial charge in [-0.2, -0.15) is 0 Å². The number of amides is 2. The first-order chi connectivity index (χ1) is 14.1. The van der Waals surface area contributed by atoms with E-state index in [1.165, 1.54) is 10.5 Å². The molecule has 2 N–H and O–H groups in total. The van der Waals surface area contributed by atoms with Crippen LogP contribution in [0.4, 0.5) is 0 Å². The molecule has 1 saturated heterocycles. The minimum absolute atomic E-state index is 0.0768. The van der Waals surface area contributed by atoms with Crippen molar-refractivity contribution < 1.29 is 19.2 Å². The topological polar surface area (TPSA) is 63.1 Å². The summed E-state index contributed by atoms with van der Waals surface area (Å²) in [4.78, 5) is 27.9. The van der Waals surface area contributed by atoms with E-state index in [0.717, 1.165) is 38.5 Å². The number of quaternary nitrogens is 1. The highest BCUT2D eigenvalue weighted by molar-refractivity contribution is 6.33. The highest BCUT2D eigenvalue weighted by atomic mass is 35.5. The minimum atomic E-state index is -0.253. The summed E-state index contributed by atoms with van der Waals surface area (Å²) in [5, 5.41) is 3.18. The van der Waals surface area contributed by atoms with Crippen LogP contribution < -0.4 is 15.0 Å². The molecule has 1 heterocycles. The van der Waals surface area contributed by atoms with Crippen LogP contribution in [-0.2, 0) is 11.3 Å². The Labute approximate surface area is 176 Å². The van der Waals surface area contributed by atoms with Crippen molar-refractivity contribution in [3.05, 3.63) is 64.7 Å². The lowest BCUT2D eigenvalue weighted by Crippen LogP contribution is -3.13. The van der Waals surface area contributed by atoms with Gasteiger partial charge in [-0.1, -0.05) is 23.7 Å². The SMILES string of the molecule is COc1ccc(C[NH+]2CCN(C(=O)CCNC(=O)c3ccccc3Cl)CC2)cc1. The molecule has 1 aliphatic rings. The van der Waals surface area contributed by atoms with Gasteiger partial charge in [-0.05, 0) is 36.4 Å².